The lowest BCUT2D eigenvalue weighted by Crippen LogP contribution is -2.47. The van der Waals surface area contributed by atoms with Crippen LogP contribution in [0.2, 0.25) is 0 Å². The third-order valence-corrected chi connectivity index (χ3v) is 13.1. The van der Waals surface area contributed by atoms with Crippen molar-refractivity contribution in [3.8, 4) is 0 Å². The van der Waals surface area contributed by atoms with E-state index >= 15 is 0 Å². The number of nitrogens with zero attached hydrogens (tertiary/aromatic N) is 1. The third kappa shape index (κ3) is 51.6. The molecule has 2 N–H and O–H groups in total. The first kappa shape index (κ1) is 67.9. The topological polar surface area (TPSA) is 111 Å². The second-order valence-corrected chi connectivity index (χ2v) is 21.6. The molecule has 0 aliphatic carbocycles. The van der Waals surface area contributed by atoms with Crippen LogP contribution in [0.5, 0.6) is 0 Å². The maximum Gasteiger partial charge on any atom is 0.472 e. The fraction of sp³-hybridized carbons (Fsp3) is 0.705. The molecule has 3 atom stereocenters. The van der Waals surface area contributed by atoms with Crippen LogP contribution < -0.4 is 5.32 Å². The Morgan fingerprint density at radius 2 is 0.972 bits per heavy atom. The molecule has 0 spiro atoms. The van der Waals surface area contributed by atoms with Crippen molar-refractivity contribution in [1.29, 1.82) is 0 Å². The van der Waals surface area contributed by atoms with Gasteiger partial charge in [0.1, 0.15) is 19.3 Å². The number of amides is 1. The summed E-state index contributed by atoms with van der Waals surface area (Å²) in [6.45, 7) is 6.79. The lowest BCUT2D eigenvalue weighted by Gasteiger charge is -2.27. The average Bonchev–Trinajstić information content (AvgIpc) is 3.33. The first-order valence-corrected chi connectivity index (χ1v) is 30.1. The minimum atomic E-state index is -4.47. The number of nitrogens with one attached hydrogen (secondary N) is 1. The molecule has 0 bridgehead atoms. The van der Waals surface area contributed by atoms with Crippen molar-refractivity contribution in [3.05, 3.63) is 97.2 Å². The normalized spacial score (nSPS) is 14.5. The number of ether oxygens (including phenoxy) is 1. The van der Waals surface area contributed by atoms with E-state index in [0.717, 1.165) is 77.0 Å². The van der Waals surface area contributed by atoms with E-state index in [1.807, 2.05) is 33.3 Å². The van der Waals surface area contributed by atoms with Crippen molar-refractivity contribution in [2.75, 3.05) is 40.9 Å². The molecule has 0 aromatic rings. The number of likely N-dealkylation sites (N-methyl/N-ethyl adjacent to an activating group) is 1. The van der Waals surface area contributed by atoms with Gasteiger partial charge >= 0.3 is 13.8 Å². The number of unbranched alkanes of at least 4 members (excludes halogenated alkanes) is 22. The number of rotatable bonds is 50. The van der Waals surface area contributed by atoms with Gasteiger partial charge < -0.3 is 19.4 Å². The molecular weight excluding hydrogens is 904 g/mol. The molecule has 0 saturated carbocycles. The van der Waals surface area contributed by atoms with E-state index in [0.29, 0.717) is 23.9 Å². The van der Waals surface area contributed by atoms with Gasteiger partial charge in [0.05, 0.1) is 33.8 Å². The van der Waals surface area contributed by atoms with E-state index in [4.69, 9.17) is 13.8 Å². The molecular formula is C61H108N2O7P+. The van der Waals surface area contributed by atoms with Crippen LogP contribution in [0.3, 0.4) is 0 Å². The quantitative estimate of drug-likeness (QED) is 0.0156. The number of phosphoric ester groups is 1. The zero-order chi connectivity index (χ0) is 52.2. The molecule has 71 heavy (non-hydrogen) atoms. The van der Waals surface area contributed by atoms with Gasteiger partial charge in [-0.3, -0.25) is 18.6 Å². The second kappa shape index (κ2) is 50.5. The van der Waals surface area contributed by atoms with Gasteiger partial charge in [-0.05, 0) is 89.5 Å². The van der Waals surface area contributed by atoms with Crippen molar-refractivity contribution in [2.24, 2.45) is 0 Å². The van der Waals surface area contributed by atoms with Crippen LogP contribution in [0.15, 0.2) is 97.2 Å². The summed E-state index contributed by atoms with van der Waals surface area (Å²) in [6, 6.07) is -0.886. The Morgan fingerprint density at radius 1 is 0.521 bits per heavy atom. The van der Waals surface area contributed by atoms with E-state index in [2.05, 4.69) is 111 Å². The standard InChI is InChI=1S/C61H107N2O7P/c1-7-10-13-16-19-22-25-28-30-31-33-35-38-41-44-47-50-53-60(64)62-58(57-69-71(66,67)68-56-55-63(4,5)6)59(52-49-46-43-40-37-34-27-24-21-18-15-12-9-3)70-61(65)54-51-48-45-42-39-36-32-29-26-23-20-17-14-11-8-2/h11,14,17,19-20,22-23,26,28,30,33,35,41,44,49,52,58-59H,7-10,12-13,15-16,18,21,24-25,27,29,31-32,34,36-40,42-43,45-48,50-51,53-57H2,1-6H3,(H-,62,64,66,67)/p+1/b14-11+,20-17+,22-19-,26-23+,30-28-,35-33-,44-41-,52-49+. The van der Waals surface area contributed by atoms with Gasteiger partial charge in [0.2, 0.25) is 5.91 Å². The van der Waals surface area contributed by atoms with Crippen LogP contribution in [-0.2, 0) is 27.9 Å². The van der Waals surface area contributed by atoms with Crippen LogP contribution in [0.1, 0.15) is 226 Å². The Balaban J connectivity index is 5.50. The van der Waals surface area contributed by atoms with E-state index in [1.54, 1.807) is 0 Å². The molecule has 0 heterocycles. The summed E-state index contributed by atoms with van der Waals surface area (Å²) in [4.78, 5) is 37.6. The monoisotopic (exact) mass is 1010 g/mol. The first-order chi connectivity index (χ1) is 34.4. The molecule has 0 fully saturated rings. The molecule has 1 amide bonds. The van der Waals surface area contributed by atoms with Crippen LogP contribution in [0.25, 0.3) is 0 Å². The van der Waals surface area contributed by atoms with Crippen LogP contribution in [0.4, 0.5) is 0 Å². The molecule has 0 aromatic heterocycles. The molecule has 408 valence electrons. The fourth-order valence-corrected chi connectivity index (χ4v) is 8.37. The number of esters is 1. The number of carbonyl (C=O) groups is 2. The predicted molar refractivity (Wildman–Crippen MR) is 304 cm³/mol. The van der Waals surface area contributed by atoms with Gasteiger partial charge in [0.15, 0.2) is 0 Å². The SMILES string of the molecule is CC/C=C/C=C/C=C/CCCCCCCCCC(=O)OC(/C=C/CCCCCCCCCCCCC)C(COP(=O)(O)OCC[N+](C)(C)C)NC(=O)CCC/C=C\C/C=C\C/C=C\C/C=C\CCCCC. The van der Waals surface area contributed by atoms with Gasteiger partial charge in [0.25, 0.3) is 0 Å². The lowest BCUT2D eigenvalue weighted by molar-refractivity contribution is -0.870. The highest BCUT2D eigenvalue weighted by Gasteiger charge is 2.30. The zero-order valence-electron chi connectivity index (χ0n) is 46.4. The number of carbonyl (C=O) groups excluding carboxylic acids is 2. The summed E-state index contributed by atoms with van der Waals surface area (Å²) in [7, 11) is 1.44. The highest BCUT2D eigenvalue weighted by Crippen LogP contribution is 2.43. The van der Waals surface area contributed by atoms with Crippen LogP contribution in [0, 0.1) is 0 Å². The number of hydrogen-bond donors (Lipinski definition) is 2. The molecule has 10 heteroatoms. The smallest absolute Gasteiger partial charge is 0.456 e. The fourth-order valence-electron chi connectivity index (χ4n) is 7.64. The summed E-state index contributed by atoms with van der Waals surface area (Å²) < 4.78 is 30.6. The number of quaternary nitrogens is 1. The molecule has 9 nitrogen and oxygen atoms in total. The Bertz CT molecular complexity index is 1540. The Labute approximate surface area is 437 Å². The lowest BCUT2D eigenvalue weighted by atomic mass is 10.0. The minimum Gasteiger partial charge on any atom is -0.456 e. The summed E-state index contributed by atoms with van der Waals surface area (Å²) >= 11 is 0. The molecule has 0 rings (SSSR count). The Morgan fingerprint density at radius 3 is 1.52 bits per heavy atom. The van der Waals surface area contributed by atoms with Crippen molar-refractivity contribution < 1.29 is 37.3 Å². The molecule has 0 aliphatic rings. The van der Waals surface area contributed by atoms with Crippen LogP contribution >= 0.6 is 7.82 Å². The summed E-state index contributed by atoms with van der Waals surface area (Å²) in [5.74, 6) is -0.591. The maximum atomic E-state index is 13.5. The average molecular weight is 1010 g/mol. The van der Waals surface area contributed by atoms with E-state index in [-0.39, 0.29) is 37.9 Å². The largest absolute Gasteiger partial charge is 0.472 e. The Kier molecular flexibility index (Phi) is 48.3. The molecule has 3 unspecified atom stereocenters. The molecule has 0 saturated heterocycles. The summed E-state index contributed by atoms with van der Waals surface area (Å²) in [5.41, 5.74) is 0. The number of hydrogen-bond acceptors (Lipinski definition) is 6. The van der Waals surface area contributed by atoms with E-state index in [9.17, 15) is 19.0 Å². The van der Waals surface area contributed by atoms with E-state index in [1.165, 1.54) is 103 Å². The van der Waals surface area contributed by atoms with Crippen molar-refractivity contribution >= 4 is 19.7 Å². The second-order valence-electron chi connectivity index (χ2n) is 20.1. The van der Waals surface area contributed by atoms with Crippen LogP contribution in [-0.4, -0.2) is 74.3 Å². The highest BCUT2D eigenvalue weighted by molar-refractivity contribution is 7.47. The highest BCUT2D eigenvalue weighted by atomic mass is 31.2. The maximum absolute atomic E-state index is 13.5. The Hall–Kier alpha value is -3.07. The first-order valence-electron chi connectivity index (χ1n) is 28.6. The van der Waals surface area contributed by atoms with Gasteiger partial charge in [0, 0.05) is 12.8 Å². The summed E-state index contributed by atoms with van der Waals surface area (Å²) in [6.07, 6.45) is 66.9. The predicted octanol–water partition coefficient (Wildman–Crippen LogP) is 17.2. The minimum absolute atomic E-state index is 0.0235. The van der Waals surface area contributed by atoms with Crippen molar-refractivity contribution in [3.63, 3.8) is 0 Å². The van der Waals surface area contributed by atoms with Gasteiger partial charge in [-0.1, -0.05) is 221 Å². The molecule has 0 aliphatic heterocycles. The molecule has 0 radical (unpaired) electrons. The summed E-state index contributed by atoms with van der Waals surface area (Å²) in [5, 5.41) is 3.01. The molecule has 0 aromatic carbocycles. The number of allylic oxidation sites excluding steroid dienone is 15. The van der Waals surface area contributed by atoms with Crippen molar-refractivity contribution in [2.45, 2.75) is 238 Å². The number of phosphoric acid groups is 1. The van der Waals surface area contributed by atoms with Crippen molar-refractivity contribution in [1.82, 2.24) is 5.32 Å². The third-order valence-electron chi connectivity index (χ3n) is 12.1. The zero-order valence-corrected chi connectivity index (χ0v) is 47.3. The van der Waals surface area contributed by atoms with Gasteiger partial charge in [-0.2, -0.15) is 0 Å². The van der Waals surface area contributed by atoms with Gasteiger partial charge in [-0.15, -0.1) is 0 Å². The van der Waals surface area contributed by atoms with Gasteiger partial charge in [-0.25, -0.2) is 4.57 Å². The van der Waals surface area contributed by atoms with E-state index < -0.39 is 20.0 Å².